The van der Waals surface area contributed by atoms with E-state index in [4.69, 9.17) is 35.5 Å². The quantitative estimate of drug-likeness (QED) is 0.123. The summed E-state index contributed by atoms with van der Waals surface area (Å²) in [4.78, 5) is 32.7. The number of hydrogen-bond acceptors (Lipinski definition) is 8. The number of ether oxygens (including phenoxy) is 4. The van der Waals surface area contributed by atoms with E-state index in [-0.39, 0.29) is 18.3 Å². The highest BCUT2D eigenvalue weighted by atomic mass is 127. The molecule has 0 fully saturated rings. The number of carbonyl (C=O) groups excluding carboxylic acids is 1. The van der Waals surface area contributed by atoms with Crippen LogP contribution in [-0.4, -0.2) is 29.9 Å². The first-order valence-corrected chi connectivity index (χ1v) is 17.2. The fraction of sp³-hybridized carbons (Fsp3) is 0.286. The van der Waals surface area contributed by atoms with Crippen molar-refractivity contribution < 1.29 is 23.7 Å². The van der Waals surface area contributed by atoms with Gasteiger partial charge >= 0.3 is 5.97 Å². The van der Waals surface area contributed by atoms with Crippen molar-refractivity contribution in [1.82, 2.24) is 4.57 Å². The Morgan fingerprint density at radius 3 is 2.50 bits per heavy atom. The van der Waals surface area contributed by atoms with Gasteiger partial charge in [0.15, 0.2) is 16.3 Å². The van der Waals surface area contributed by atoms with Crippen molar-refractivity contribution in [3.63, 3.8) is 0 Å². The van der Waals surface area contributed by atoms with Crippen molar-refractivity contribution in [3.05, 3.63) is 117 Å². The second kappa shape index (κ2) is 14.9. The summed E-state index contributed by atoms with van der Waals surface area (Å²) in [5.74, 6) is 1.25. The lowest BCUT2D eigenvalue weighted by Gasteiger charge is -2.26. The van der Waals surface area contributed by atoms with Gasteiger partial charge in [-0.05, 0) is 105 Å². The Hall–Kier alpha value is -3.61. The van der Waals surface area contributed by atoms with Gasteiger partial charge in [-0.2, -0.15) is 0 Å². The number of rotatable bonds is 11. The molecule has 46 heavy (non-hydrogen) atoms. The summed E-state index contributed by atoms with van der Waals surface area (Å²) in [7, 11) is 0. The number of halogens is 2. The van der Waals surface area contributed by atoms with Crippen LogP contribution in [0.25, 0.3) is 6.08 Å². The maximum atomic E-state index is 14.2. The maximum absolute atomic E-state index is 14.2. The Morgan fingerprint density at radius 1 is 1.07 bits per heavy atom. The molecule has 11 heteroatoms. The SMILES string of the molecule is CCOC(=O)C1=C(C)N=c2s/c(=C\c3cc(I)c(OCc4ccc(Cl)cc4)c(OCC)c3)c(=O)n2[C@H]1c1ccccc1OC(C)C. The van der Waals surface area contributed by atoms with Gasteiger partial charge < -0.3 is 18.9 Å². The third-order valence-corrected chi connectivity index (χ3v) is 9.06. The first kappa shape index (κ1) is 33.7. The average Bonchev–Trinajstić information content (AvgIpc) is 3.31. The molecule has 0 aliphatic carbocycles. The fourth-order valence-electron chi connectivity index (χ4n) is 5.12. The molecule has 0 unspecified atom stereocenters. The maximum Gasteiger partial charge on any atom is 0.338 e. The number of thiazole rings is 1. The molecule has 1 aliphatic heterocycles. The molecule has 0 radical (unpaired) electrons. The topological polar surface area (TPSA) is 88.4 Å². The molecule has 1 aliphatic rings. The van der Waals surface area contributed by atoms with Crippen LogP contribution in [0.5, 0.6) is 17.2 Å². The molecule has 5 rings (SSSR count). The van der Waals surface area contributed by atoms with Gasteiger partial charge in [0.2, 0.25) is 0 Å². The summed E-state index contributed by atoms with van der Waals surface area (Å²) in [6.45, 7) is 10.3. The van der Waals surface area contributed by atoms with Gasteiger partial charge in [0.25, 0.3) is 5.56 Å². The zero-order valence-electron chi connectivity index (χ0n) is 26.1. The number of aromatic nitrogens is 1. The molecule has 3 aromatic carbocycles. The van der Waals surface area contributed by atoms with Gasteiger partial charge in [-0.25, -0.2) is 9.79 Å². The molecule has 0 amide bonds. The first-order valence-electron chi connectivity index (χ1n) is 14.9. The zero-order chi connectivity index (χ0) is 33.0. The van der Waals surface area contributed by atoms with Crippen LogP contribution in [0.15, 0.2) is 81.7 Å². The lowest BCUT2D eigenvalue weighted by Crippen LogP contribution is -2.40. The Labute approximate surface area is 290 Å². The molecule has 8 nitrogen and oxygen atoms in total. The zero-order valence-corrected chi connectivity index (χ0v) is 29.9. The Kier molecular flexibility index (Phi) is 10.9. The predicted molar refractivity (Wildman–Crippen MR) is 189 cm³/mol. The minimum Gasteiger partial charge on any atom is -0.491 e. The van der Waals surface area contributed by atoms with E-state index < -0.39 is 12.0 Å². The van der Waals surface area contributed by atoms with Crippen LogP contribution in [0.2, 0.25) is 5.02 Å². The normalized spacial score (nSPS) is 14.6. The van der Waals surface area contributed by atoms with Crippen LogP contribution in [0.4, 0.5) is 0 Å². The number of fused-ring (bicyclic) bond motifs is 1. The fourth-order valence-corrected chi connectivity index (χ4v) is 7.07. The highest BCUT2D eigenvalue weighted by molar-refractivity contribution is 14.1. The molecule has 0 spiro atoms. The van der Waals surface area contributed by atoms with E-state index in [0.717, 1.165) is 14.7 Å². The van der Waals surface area contributed by atoms with Crippen molar-refractivity contribution in [2.75, 3.05) is 13.2 Å². The van der Waals surface area contributed by atoms with Crippen LogP contribution in [0.3, 0.4) is 0 Å². The number of carbonyl (C=O) groups is 1. The second-order valence-electron chi connectivity index (χ2n) is 10.7. The molecule has 0 saturated heterocycles. The standard InChI is InChI=1S/C35H34ClIN2O6S/c1-6-42-28-17-23(16-26(37)32(28)44-19-22-12-14-24(36)15-13-22)18-29-33(40)39-31(25-10-8-9-11-27(25)45-20(3)4)30(34(41)43-7-2)21(5)38-35(39)46-29/h8-18,20,31H,6-7,19H2,1-5H3/b29-18-/t31-/m0/s1. The third kappa shape index (κ3) is 7.34. The van der Waals surface area contributed by atoms with Crippen LogP contribution in [0, 0.1) is 3.57 Å². The summed E-state index contributed by atoms with van der Waals surface area (Å²) in [6.07, 6.45) is 1.70. The lowest BCUT2D eigenvalue weighted by molar-refractivity contribution is -0.139. The summed E-state index contributed by atoms with van der Waals surface area (Å²) < 4.78 is 26.6. The molecule has 2 heterocycles. The Balaban J connectivity index is 1.61. The highest BCUT2D eigenvalue weighted by Gasteiger charge is 2.35. The monoisotopic (exact) mass is 772 g/mol. The van der Waals surface area contributed by atoms with E-state index in [2.05, 4.69) is 22.6 Å². The summed E-state index contributed by atoms with van der Waals surface area (Å²) in [5.41, 5.74) is 2.93. The van der Waals surface area contributed by atoms with E-state index in [1.54, 1.807) is 18.4 Å². The smallest absolute Gasteiger partial charge is 0.338 e. The molecular formula is C35H34ClIN2O6S. The minimum absolute atomic E-state index is 0.117. The van der Waals surface area contributed by atoms with Gasteiger partial charge in [-0.3, -0.25) is 9.36 Å². The van der Waals surface area contributed by atoms with E-state index in [9.17, 15) is 9.59 Å². The first-order chi connectivity index (χ1) is 22.1. The average molecular weight is 773 g/mol. The van der Waals surface area contributed by atoms with Gasteiger partial charge in [0.1, 0.15) is 18.4 Å². The number of benzene rings is 3. The third-order valence-electron chi connectivity index (χ3n) is 7.02. The summed E-state index contributed by atoms with van der Waals surface area (Å²) in [5, 5.41) is 0.662. The summed E-state index contributed by atoms with van der Waals surface area (Å²) >= 11 is 9.51. The predicted octanol–water partition coefficient (Wildman–Crippen LogP) is 6.82. The van der Waals surface area contributed by atoms with Gasteiger partial charge in [0, 0.05) is 10.6 Å². The molecule has 0 saturated carbocycles. The number of para-hydroxylation sites is 1. The number of esters is 1. The number of allylic oxidation sites excluding steroid dienone is 1. The van der Waals surface area contributed by atoms with Crippen LogP contribution < -0.4 is 29.1 Å². The van der Waals surface area contributed by atoms with Gasteiger partial charge in [0.05, 0.1) is 38.7 Å². The lowest BCUT2D eigenvalue weighted by atomic mass is 9.95. The van der Waals surface area contributed by atoms with Gasteiger partial charge in [-0.15, -0.1) is 0 Å². The van der Waals surface area contributed by atoms with Crippen LogP contribution in [0.1, 0.15) is 57.4 Å². The molecule has 0 N–H and O–H groups in total. The number of hydrogen-bond donors (Lipinski definition) is 0. The van der Waals surface area contributed by atoms with Crippen LogP contribution in [-0.2, 0) is 16.1 Å². The molecule has 1 atom stereocenters. The molecule has 240 valence electrons. The van der Waals surface area contributed by atoms with E-state index in [0.29, 0.717) is 61.7 Å². The van der Waals surface area contributed by atoms with E-state index >= 15 is 0 Å². The Bertz CT molecular complexity index is 1970. The van der Waals surface area contributed by atoms with Crippen molar-refractivity contribution in [2.45, 2.75) is 53.4 Å². The second-order valence-corrected chi connectivity index (χ2v) is 13.3. The molecule has 4 aromatic rings. The number of nitrogens with zero attached hydrogens (tertiary/aromatic N) is 2. The highest BCUT2D eigenvalue weighted by Crippen LogP contribution is 2.37. The summed E-state index contributed by atoms with van der Waals surface area (Å²) in [6, 6.07) is 18.0. The Morgan fingerprint density at radius 2 is 1.80 bits per heavy atom. The largest absolute Gasteiger partial charge is 0.491 e. The minimum atomic E-state index is -0.782. The van der Waals surface area contributed by atoms with Crippen LogP contribution >= 0.6 is 45.5 Å². The van der Waals surface area contributed by atoms with Crippen molar-refractivity contribution >= 4 is 57.6 Å². The van der Waals surface area contributed by atoms with Crippen molar-refractivity contribution in [1.29, 1.82) is 0 Å². The molecular weight excluding hydrogens is 739 g/mol. The molecule has 1 aromatic heterocycles. The molecule has 0 bridgehead atoms. The van der Waals surface area contributed by atoms with Crippen molar-refractivity contribution in [2.24, 2.45) is 4.99 Å². The van der Waals surface area contributed by atoms with E-state index in [1.807, 2.05) is 87.5 Å². The van der Waals surface area contributed by atoms with Gasteiger partial charge in [-0.1, -0.05) is 53.3 Å². The van der Waals surface area contributed by atoms with Crippen molar-refractivity contribution in [3.8, 4) is 17.2 Å². The van der Waals surface area contributed by atoms with E-state index in [1.165, 1.54) is 11.3 Å².